The van der Waals surface area contributed by atoms with Crippen LogP contribution in [-0.2, 0) is 24.5 Å². The lowest BCUT2D eigenvalue weighted by Crippen LogP contribution is -2.57. The molecule has 0 unspecified atom stereocenters. The second-order valence-electron chi connectivity index (χ2n) is 10.1. The number of likely N-dealkylation sites (tertiary alicyclic amines) is 2. The summed E-state index contributed by atoms with van der Waals surface area (Å²) in [6.45, 7) is 7.96. The summed E-state index contributed by atoms with van der Waals surface area (Å²) in [4.78, 5) is 53.8. The van der Waals surface area contributed by atoms with Crippen LogP contribution in [0.15, 0.2) is 30.3 Å². The number of carbonyl (C=O) groups is 4. The van der Waals surface area contributed by atoms with E-state index in [1.807, 2.05) is 30.3 Å². The lowest BCUT2D eigenvalue weighted by molar-refractivity contribution is -0.143. The van der Waals surface area contributed by atoms with Crippen molar-refractivity contribution in [2.24, 2.45) is 0 Å². The van der Waals surface area contributed by atoms with E-state index in [1.54, 1.807) is 25.7 Å². The lowest BCUT2D eigenvalue weighted by Gasteiger charge is -2.42. The fraction of sp³-hybridized carbons (Fsp3) is 0.600. The highest BCUT2D eigenvalue weighted by Gasteiger charge is 2.46. The molecule has 2 saturated heterocycles. The summed E-state index contributed by atoms with van der Waals surface area (Å²) in [7, 11) is 0. The molecule has 1 aromatic carbocycles. The summed E-state index contributed by atoms with van der Waals surface area (Å²) in [6.07, 6.45) is 1.54. The van der Waals surface area contributed by atoms with Crippen molar-refractivity contribution in [3.05, 3.63) is 35.9 Å². The van der Waals surface area contributed by atoms with Crippen LogP contribution >= 0.6 is 0 Å². The number of carbonyl (C=O) groups excluding carboxylic acids is 3. The molecular formula is C25H35N3O6. The number of amides is 3. The zero-order chi connectivity index (χ0) is 25.1. The van der Waals surface area contributed by atoms with Gasteiger partial charge in [-0.05, 0) is 58.9 Å². The largest absolute Gasteiger partial charge is 0.480 e. The van der Waals surface area contributed by atoms with Crippen LogP contribution in [0.4, 0.5) is 4.79 Å². The molecule has 3 amide bonds. The molecule has 0 aliphatic carbocycles. The smallest absolute Gasteiger partial charge is 0.410 e. The van der Waals surface area contributed by atoms with Gasteiger partial charge in [-0.1, -0.05) is 30.3 Å². The topological polar surface area (TPSA) is 116 Å². The van der Waals surface area contributed by atoms with Gasteiger partial charge in [-0.15, -0.1) is 0 Å². The van der Waals surface area contributed by atoms with Crippen molar-refractivity contribution >= 4 is 23.9 Å². The molecule has 0 radical (unpaired) electrons. The molecule has 1 aromatic rings. The molecule has 9 nitrogen and oxygen atoms in total. The van der Waals surface area contributed by atoms with Gasteiger partial charge >= 0.3 is 12.1 Å². The van der Waals surface area contributed by atoms with Crippen LogP contribution in [0.2, 0.25) is 0 Å². The third-order valence-electron chi connectivity index (χ3n) is 6.57. The van der Waals surface area contributed by atoms with Crippen LogP contribution in [0.5, 0.6) is 0 Å². The van der Waals surface area contributed by atoms with Crippen molar-refractivity contribution in [1.29, 1.82) is 0 Å². The number of ether oxygens (including phenoxy) is 1. The Labute approximate surface area is 200 Å². The summed E-state index contributed by atoms with van der Waals surface area (Å²) in [5, 5.41) is 11.9. The Morgan fingerprint density at radius 1 is 1.09 bits per heavy atom. The number of carboxylic acid groups (broad SMARTS) is 1. The first kappa shape index (κ1) is 25.5. The van der Waals surface area contributed by atoms with Gasteiger partial charge in [-0.25, -0.2) is 4.79 Å². The summed E-state index contributed by atoms with van der Waals surface area (Å²) < 4.78 is 5.48. The van der Waals surface area contributed by atoms with Crippen LogP contribution in [0, 0.1) is 0 Å². The number of rotatable bonds is 5. The Bertz CT molecular complexity index is 918. The van der Waals surface area contributed by atoms with Gasteiger partial charge < -0.3 is 20.1 Å². The highest BCUT2D eigenvalue weighted by molar-refractivity contribution is 5.92. The van der Waals surface area contributed by atoms with Gasteiger partial charge in [0.2, 0.25) is 11.8 Å². The van der Waals surface area contributed by atoms with Gasteiger partial charge in [0.1, 0.15) is 17.7 Å². The van der Waals surface area contributed by atoms with Gasteiger partial charge in [-0.2, -0.15) is 0 Å². The minimum Gasteiger partial charge on any atom is -0.480 e. The fourth-order valence-electron chi connectivity index (χ4n) is 4.68. The van der Waals surface area contributed by atoms with Crippen molar-refractivity contribution in [1.82, 2.24) is 15.1 Å². The summed E-state index contributed by atoms with van der Waals surface area (Å²) in [5.41, 5.74) is -0.774. The van der Waals surface area contributed by atoms with Gasteiger partial charge in [0.15, 0.2) is 0 Å². The van der Waals surface area contributed by atoms with Gasteiger partial charge in [0.05, 0.1) is 5.41 Å². The van der Waals surface area contributed by atoms with E-state index < -0.39 is 35.2 Å². The Morgan fingerprint density at radius 2 is 1.71 bits per heavy atom. The van der Waals surface area contributed by atoms with E-state index in [4.69, 9.17) is 4.74 Å². The van der Waals surface area contributed by atoms with Gasteiger partial charge in [0.25, 0.3) is 0 Å². The SMILES string of the molecule is C[C@H](NC(=O)C1(c2ccccc2)CCN(C(=O)[C@H]2CCCN2C(=O)OC(C)(C)C)CC1)C(=O)O. The molecule has 34 heavy (non-hydrogen) atoms. The molecule has 2 atom stereocenters. The molecule has 3 rings (SSSR count). The molecule has 0 bridgehead atoms. The van der Waals surface area contributed by atoms with Crippen LogP contribution in [0.3, 0.4) is 0 Å². The van der Waals surface area contributed by atoms with Crippen molar-refractivity contribution in [2.45, 2.75) is 76.5 Å². The van der Waals surface area contributed by atoms with E-state index in [1.165, 1.54) is 11.8 Å². The Morgan fingerprint density at radius 3 is 2.26 bits per heavy atom. The molecular weight excluding hydrogens is 438 g/mol. The maximum atomic E-state index is 13.4. The Hall–Kier alpha value is -3.10. The molecule has 9 heteroatoms. The molecule has 0 saturated carbocycles. The minimum absolute atomic E-state index is 0.135. The number of aliphatic carboxylic acids is 1. The first-order chi connectivity index (χ1) is 15.9. The number of hydrogen-bond donors (Lipinski definition) is 2. The molecule has 2 aliphatic rings. The van der Waals surface area contributed by atoms with Crippen molar-refractivity contribution in [2.75, 3.05) is 19.6 Å². The van der Waals surface area contributed by atoms with E-state index >= 15 is 0 Å². The number of benzene rings is 1. The average Bonchev–Trinajstić information content (AvgIpc) is 3.28. The molecule has 0 spiro atoms. The standard InChI is InChI=1S/C25H35N3O6/c1-17(21(30)31)26-22(32)25(18-9-6-5-7-10-18)12-15-27(16-13-25)20(29)19-11-8-14-28(19)23(33)34-24(2,3)4/h5-7,9-10,17,19H,8,11-16H2,1-4H3,(H,26,32)(H,30,31)/t17-,19+/m0/s1. The zero-order valence-corrected chi connectivity index (χ0v) is 20.4. The van der Waals surface area contributed by atoms with E-state index in [-0.39, 0.29) is 11.8 Å². The predicted molar refractivity (Wildman–Crippen MR) is 125 cm³/mol. The molecule has 2 N–H and O–H groups in total. The van der Waals surface area contributed by atoms with E-state index in [9.17, 15) is 24.3 Å². The maximum absolute atomic E-state index is 13.4. The first-order valence-electron chi connectivity index (χ1n) is 11.8. The van der Waals surface area contributed by atoms with Crippen LogP contribution in [0.1, 0.15) is 58.9 Å². The molecule has 2 heterocycles. The third-order valence-corrected chi connectivity index (χ3v) is 6.57. The second-order valence-corrected chi connectivity index (χ2v) is 10.1. The van der Waals surface area contributed by atoms with E-state index in [0.29, 0.717) is 38.9 Å². The average molecular weight is 474 g/mol. The summed E-state index contributed by atoms with van der Waals surface area (Å²) in [5.74, 6) is -1.59. The predicted octanol–water partition coefficient (Wildman–Crippen LogP) is 2.54. The van der Waals surface area contributed by atoms with Gasteiger partial charge in [-0.3, -0.25) is 19.3 Å². The van der Waals surface area contributed by atoms with Crippen molar-refractivity contribution in [3.63, 3.8) is 0 Å². The van der Waals surface area contributed by atoms with E-state index in [2.05, 4.69) is 5.32 Å². The number of hydrogen-bond acceptors (Lipinski definition) is 5. The molecule has 0 aromatic heterocycles. The number of nitrogens with zero attached hydrogens (tertiary/aromatic N) is 2. The summed E-state index contributed by atoms with van der Waals surface area (Å²) in [6, 6.07) is 7.69. The first-order valence-corrected chi connectivity index (χ1v) is 11.8. The molecule has 2 aliphatic heterocycles. The van der Waals surface area contributed by atoms with Crippen LogP contribution in [0.25, 0.3) is 0 Å². The monoisotopic (exact) mass is 473 g/mol. The zero-order valence-electron chi connectivity index (χ0n) is 20.4. The third kappa shape index (κ3) is 5.51. The number of piperidine rings is 1. The van der Waals surface area contributed by atoms with E-state index in [0.717, 1.165) is 12.0 Å². The van der Waals surface area contributed by atoms with Crippen molar-refractivity contribution in [3.8, 4) is 0 Å². The molecule has 186 valence electrons. The van der Waals surface area contributed by atoms with Gasteiger partial charge in [0, 0.05) is 19.6 Å². The van der Waals surface area contributed by atoms with Crippen LogP contribution < -0.4 is 5.32 Å². The minimum atomic E-state index is -1.10. The maximum Gasteiger partial charge on any atom is 0.410 e. The van der Waals surface area contributed by atoms with Crippen molar-refractivity contribution < 1.29 is 29.0 Å². The Balaban J connectivity index is 1.74. The quantitative estimate of drug-likeness (QED) is 0.679. The normalized spacial score (nSPS) is 21.0. The highest BCUT2D eigenvalue weighted by Crippen LogP contribution is 2.37. The fourth-order valence-corrected chi connectivity index (χ4v) is 4.68. The summed E-state index contributed by atoms with van der Waals surface area (Å²) >= 11 is 0. The Kier molecular flexibility index (Phi) is 7.53. The number of nitrogens with one attached hydrogen (secondary N) is 1. The highest BCUT2D eigenvalue weighted by atomic mass is 16.6. The second kappa shape index (κ2) is 10.0. The van der Waals surface area contributed by atoms with Crippen LogP contribution in [-0.4, -0.2) is 76.1 Å². The lowest BCUT2D eigenvalue weighted by atomic mass is 9.71. The number of carboxylic acids is 1. The molecule has 2 fully saturated rings.